The van der Waals surface area contributed by atoms with E-state index in [1.54, 1.807) is 0 Å². The lowest BCUT2D eigenvalue weighted by Gasteiger charge is -2.18. The molecule has 57 heavy (non-hydrogen) atoms. The molecule has 0 N–H and O–H groups in total. The molecule has 0 spiro atoms. The van der Waals surface area contributed by atoms with E-state index in [2.05, 4.69) is 81.5 Å². The van der Waals surface area contributed by atoms with Gasteiger partial charge in [-0.15, -0.1) is 0 Å². The first-order valence-corrected chi connectivity index (χ1v) is 23.8. The maximum atomic E-state index is 12.7. The smallest absolute Gasteiger partial charge is 0.306 e. The largest absolute Gasteiger partial charge is 0.462 e. The van der Waals surface area contributed by atoms with Crippen LogP contribution in [0.5, 0.6) is 0 Å². The maximum Gasteiger partial charge on any atom is 0.306 e. The zero-order valence-corrected chi connectivity index (χ0v) is 37.3. The molecule has 0 aromatic rings. The Labute approximate surface area is 351 Å². The summed E-state index contributed by atoms with van der Waals surface area (Å²) >= 11 is 0. The van der Waals surface area contributed by atoms with Crippen LogP contribution in [-0.4, -0.2) is 37.2 Å². The molecule has 6 heteroatoms. The number of carbonyl (C=O) groups excluding carboxylic acids is 3. The van der Waals surface area contributed by atoms with Gasteiger partial charge < -0.3 is 14.2 Å². The number of unbranched alkanes of at least 4 members (excludes halogenated alkanes) is 21. The van der Waals surface area contributed by atoms with Crippen LogP contribution in [0.4, 0.5) is 0 Å². The molecule has 1 unspecified atom stereocenters. The Hall–Kier alpha value is -2.89. The monoisotopic (exact) mass is 797 g/mol. The van der Waals surface area contributed by atoms with Crippen molar-refractivity contribution in [3.8, 4) is 0 Å². The van der Waals surface area contributed by atoms with Crippen molar-refractivity contribution in [2.75, 3.05) is 13.2 Å². The van der Waals surface area contributed by atoms with E-state index in [0.29, 0.717) is 19.3 Å². The van der Waals surface area contributed by atoms with Gasteiger partial charge in [0.15, 0.2) is 6.10 Å². The molecule has 0 aliphatic heterocycles. The Morgan fingerprint density at radius 3 is 1.07 bits per heavy atom. The van der Waals surface area contributed by atoms with Gasteiger partial charge in [0.05, 0.1) is 0 Å². The third-order valence-corrected chi connectivity index (χ3v) is 10.0. The fourth-order valence-corrected chi connectivity index (χ4v) is 6.48. The molecule has 1 atom stereocenters. The molecule has 0 heterocycles. The van der Waals surface area contributed by atoms with Crippen molar-refractivity contribution in [1.82, 2.24) is 0 Å². The van der Waals surface area contributed by atoms with E-state index in [9.17, 15) is 14.4 Å². The molecule has 328 valence electrons. The molecule has 0 rings (SSSR count). The van der Waals surface area contributed by atoms with E-state index in [-0.39, 0.29) is 37.5 Å². The number of carbonyl (C=O) groups is 3. The van der Waals surface area contributed by atoms with Crippen molar-refractivity contribution in [3.05, 3.63) is 60.8 Å². The van der Waals surface area contributed by atoms with Gasteiger partial charge in [0.2, 0.25) is 0 Å². The second kappa shape index (κ2) is 45.8. The topological polar surface area (TPSA) is 78.9 Å². The van der Waals surface area contributed by atoms with E-state index in [0.717, 1.165) is 77.0 Å². The van der Waals surface area contributed by atoms with Crippen molar-refractivity contribution in [1.29, 1.82) is 0 Å². The number of ether oxygens (including phenoxy) is 3. The molecular formula is C51H88O6. The molecule has 0 bridgehead atoms. The highest BCUT2D eigenvalue weighted by atomic mass is 16.6. The lowest BCUT2D eigenvalue weighted by atomic mass is 10.0. The third kappa shape index (κ3) is 44.1. The lowest BCUT2D eigenvalue weighted by Crippen LogP contribution is -2.30. The van der Waals surface area contributed by atoms with Crippen molar-refractivity contribution in [2.24, 2.45) is 0 Å². The van der Waals surface area contributed by atoms with E-state index < -0.39 is 6.10 Å². The summed E-state index contributed by atoms with van der Waals surface area (Å²) in [6.07, 6.45) is 55.2. The summed E-state index contributed by atoms with van der Waals surface area (Å²) < 4.78 is 16.6. The Bertz CT molecular complexity index is 1050. The SMILES string of the molecule is CC/C=C\C/C=C\C/C=C\C/C=C\C/C=C\CCCC(=O)OCC(COC(=O)CCCCCCCC)OC(=O)CCCCCCCCCCCCCCCCCC. The molecule has 0 saturated heterocycles. The Morgan fingerprint density at radius 1 is 0.368 bits per heavy atom. The summed E-state index contributed by atoms with van der Waals surface area (Å²) in [6.45, 7) is 6.41. The first kappa shape index (κ1) is 54.1. The summed E-state index contributed by atoms with van der Waals surface area (Å²) in [5.41, 5.74) is 0. The predicted octanol–water partition coefficient (Wildman–Crippen LogP) is 15.3. The molecular weight excluding hydrogens is 709 g/mol. The minimum absolute atomic E-state index is 0.0906. The minimum atomic E-state index is -0.790. The van der Waals surface area contributed by atoms with Gasteiger partial charge in [0.25, 0.3) is 0 Å². The molecule has 0 radical (unpaired) electrons. The highest BCUT2D eigenvalue weighted by molar-refractivity contribution is 5.71. The molecule has 0 aliphatic carbocycles. The average molecular weight is 797 g/mol. The summed E-state index contributed by atoms with van der Waals surface area (Å²) in [6, 6.07) is 0. The number of esters is 3. The predicted molar refractivity (Wildman–Crippen MR) is 242 cm³/mol. The van der Waals surface area contributed by atoms with Gasteiger partial charge in [-0.05, 0) is 57.8 Å². The van der Waals surface area contributed by atoms with Crippen LogP contribution in [0.1, 0.15) is 226 Å². The summed E-state index contributed by atoms with van der Waals surface area (Å²) in [5, 5.41) is 0. The molecule has 0 saturated carbocycles. The quantitative estimate of drug-likeness (QED) is 0.0265. The van der Waals surface area contributed by atoms with Gasteiger partial charge in [-0.25, -0.2) is 0 Å². The first-order chi connectivity index (χ1) is 28.0. The number of rotatable bonds is 42. The van der Waals surface area contributed by atoms with Crippen LogP contribution < -0.4 is 0 Å². The van der Waals surface area contributed by atoms with Crippen molar-refractivity contribution in [2.45, 2.75) is 232 Å². The number of allylic oxidation sites excluding steroid dienone is 10. The average Bonchev–Trinajstić information content (AvgIpc) is 3.21. The summed E-state index contributed by atoms with van der Waals surface area (Å²) in [7, 11) is 0. The molecule has 0 amide bonds. The minimum Gasteiger partial charge on any atom is -0.462 e. The van der Waals surface area contributed by atoms with Crippen LogP contribution in [0.2, 0.25) is 0 Å². The molecule has 0 aliphatic rings. The highest BCUT2D eigenvalue weighted by Crippen LogP contribution is 2.15. The summed E-state index contributed by atoms with van der Waals surface area (Å²) in [4.78, 5) is 37.6. The van der Waals surface area contributed by atoms with Crippen LogP contribution >= 0.6 is 0 Å². The van der Waals surface area contributed by atoms with Crippen LogP contribution in [0.15, 0.2) is 60.8 Å². The normalized spacial score (nSPS) is 12.5. The third-order valence-electron chi connectivity index (χ3n) is 10.0. The second-order valence-electron chi connectivity index (χ2n) is 15.6. The van der Waals surface area contributed by atoms with Gasteiger partial charge in [-0.1, -0.05) is 210 Å². The number of hydrogen-bond acceptors (Lipinski definition) is 6. The first-order valence-electron chi connectivity index (χ1n) is 23.8. The Morgan fingerprint density at radius 2 is 0.684 bits per heavy atom. The zero-order valence-electron chi connectivity index (χ0n) is 37.3. The van der Waals surface area contributed by atoms with Crippen LogP contribution in [0, 0.1) is 0 Å². The molecule has 6 nitrogen and oxygen atoms in total. The Kier molecular flexibility index (Phi) is 43.5. The van der Waals surface area contributed by atoms with E-state index >= 15 is 0 Å². The maximum absolute atomic E-state index is 12.7. The molecule has 0 aromatic heterocycles. The van der Waals surface area contributed by atoms with Gasteiger partial charge in [-0.3, -0.25) is 14.4 Å². The van der Waals surface area contributed by atoms with Crippen molar-refractivity contribution < 1.29 is 28.6 Å². The summed E-state index contributed by atoms with van der Waals surface area (Å²) in [5.74, 6) is -0.959. The fourth-order valence-electron chi connectivity index (χ4n) is 6.48. The highest BCUT2D eigenvalue weighted by Gasteiger charge is 2.19. The van der Waals surface area contributed by atoms with E-state index in [4.69, 9.17) is 14.2 Å². The van der Waals surface area contributed by atoms with Gasteiger partial charge in [0, 0.05) is 19.3 Å². The van der Waals surface area contributed by atoms with Gasteiger partial charge >= 0.3 is 17.9 Å². The fraction of sp³-hybridized carbons (Fsp3) is 0.745. The van der Waals surface area contributed by atoms with E-state index in [1.807, 2.05) is 0 Å². The van der Waals surface area contributed by atoms with Crippen LogP contribution in [0.25, 0.3) is 0 Å². The van der Waals surface area contributed by atoms with Crippen molar-refractivity contribution in [3.63, 3.8) is 0 Å². The lowest BCUT2D eigenvalue weighted by molar-refractivity contribution is -0.167. The standard InChI is InChI=1S/C51H88O6/c1-4-7-10-13-16-18-20-22-24-26-28-29-31-33-35-38-41-44-50(53)56-47-48(46-55-49(52)43-40-37-15-12-9-6-3)57-51(54)45-42-39-36-34-32-30-27-25-23-21-19-17-14-11-8-5-2/h7,10,16,18,22,24,28-29,33,35,48H,4-6,8-9,11-15,17,19-21,23,25-27,30-32,34,36-47H2,1-3H3/b10-7-,18-16-,24-22-,29-28-,35-33-. The van der Waals surface area contributed by atoms with E-state index in [1.165, 1.54) is 103 Å². The second-order valence-corrected chi connectivity index (χ2v) is 15.6. The van der Waals surface area contributed by atoms with Gasteiger partial charge in [-0.2, -0.15) is 0 Å². The molecule has 0 fully saturated rings. The van der Waals surface area contributed by atoms with Crippen LogP contribution in [0.3, 0.4) is 0 Å². The van der Waals surface area contributed by atoms with Crippen LogP contribution in [-0.2, 0) is 28.6 Å². The molecule has 0 aromatic carbocycles. The van der Waals surface area contributed by atoms with Gasteiger partial charge in [0.1, 0.15) is 13.2 Å². The Balaban J connectivity index is 4.33. The zero-order chi connectivity index (χ0) is 41.5. The number of hydrogen-bond donors (Lipinski definition) is 0. The van der Waals surface area contributed by atoms with Crippen molar-refractivity contribution >= 4 is 17.9 Å².